The maximum absolute atomic E-state index is 6.45. The lowest BCUT2D eigenvalue weighted by atomic mass is 10.0. The van der Waals surface area contributed by atoms with Gasteiger partial charge in [-0.3, -0.25) is 0 Å². The molecule has 2 heterocycles. The first kappa shape index (κ1) is 14.2. The minimum atomic E-state index is -0.219. The number of methoxy groups -OCH3 is 1. The Morgan fingerprint density at radius 1 is 1.22 bits per heavy atom. The lowest BCUT2D eigenvalue weighted by Gasteiger charge is -2.16. The molecule has 23 heavy (non-hydrogen) atoms. The van der Waals surface area contributed by atoms with Gasteiger partial charge in [0.15, 0.2) is 5.82 Å². The number of rotatable bonds is 4. The number of ether oxygens (including phenoxy) is 1. The summed E-state index contributed by atoms with van der Waals surface area (Å²) in [5.74, 6) is 0.982. The van der Waals surface area contributed by atoms with Gasteiger partial charge in [0, 0.05) is 29.5 Å². The summed E-state index contributed by atoms with van der Waals surface area (Å²) in [6.07, 6.45) is 3.64. The second kappa shape index (κ2) is 5.36. The normalized spacial score (nSPS) is 15.6. The SMILES string of the molecule is COC1(c2ccc(-c3nccc(-c4nn[nH]n4)n3)cc2Cl)CC1. The quantitative estimate of drug-likeness (QED) is 0.791. The molecule has 0 spiro atoms. The lowest BCUT2D eigenvalue weighted by Crippen LogP contribution is -2.09. The fraction of sp³-hybridized carbons (Fsp3) is 0.267. The van der Waals surface area contributed by atoms with E-state index in [4.69, 9.17) is 16.3 Å². The highest BCUT2D eigenvalue weighted by molar-refractivity contribution is 6.31. The van der Waals surface area contributed by atoms with E-state index in [0.717, 1.165) is 24.0 Å². The Morgan fingerprint density at radius 2 is 2.09 bits per heavy atom. The van der Waals surface area contributed by atoms with Gasteiger partial charge in [-0.15, -0.1) is 10.2 Å². The molecule has 0 radical (unpaired) electrons. The minimum absolute atomic E-state index is 0.219. The van der Waals surface area contributed by atoms with Gasteiger partial charge in [0.05, 0.1) is 5.60 Å². The standard InChI is InChI=1S/C15H13ClN6O/c1-23-15(5-6-15)10-3-2-9(8-11(10)16)13-17-7-4-12(18-13)14-19-21-22-20-14/h2-4,7-8H,5-6H2,1H3,(H,19,20,21,22). The second-order valence-corrected chi connectivity index (χ2v) is 5.80. The summed E-state index contributed by atoms with van der Waals surface area (Å²) in [4.78, 5) is 8.77. The molecule has 1 fully saturated rings. The molecular weight excluding hydrogens is 316 g/mol. The van der Waals surface area contributed by atoms with Crippen molar-refractivity contribution in [1.82, 2.24) is 30.6 Å². The lowest BCUT2D eigenvalue weighted by molar-refractivity contribution is 0.0790. The van der Waals surface area contributed by atoms with E-state index in [9.17, 15) is 0 Å². The summed E-state index contributed by atoms with van der Waals surface area (Å²) in [5, 5.41) is 14.5. The highest BCUT2D eigenvalue weighted by Gasteiger charge is 2.46. The number of hydrogen-bond donors (Lipinski definition) is 1. The Kier molecular flexibility index (Phi) is 3.32. The van der Waals surface area contributed by atoms with Gasteiger partial charge in [0.25, 0.3) is 0 Å². The van der Waals surface area contributed by atoms with Gasteiger partial charge in [-0.1, -0.05) is 23.7 Å². The largest absolute Gasteiger partial charge is 0.373 e. The first-order valence-electron chi connectivity index (χ1n) is 7.14. The van der Waals surface area contributed by atoms with Crippen LogP contribution in [0.15, 0.2) is 30.5 Å². The van der Waals surface area contributed by atoms with E-state index in [2.05, 4.69) is 30.6 Å². The monoisotopic (exact) mass is 328 g/mol. The molecule has 1 aromatic carbocycles. The van der Waals surface area contributed by atoms with E-state index >= 15 is 0 Å². The zero-order valence-electron chi connectivity index (χ0n) is 12.3. The number of benzene rings is 1. The van der Waals surface area contributed by atoms with E-state index in [0.29, 0.717) is 22.4 Å². The van der Waals surface area contributed by atoms with Crippen molar-refractivity contribution in [2.45, 2.75) is 18.4 Å². The van der Waals surface area contributed by atoms with E-state index in [1.807, 2.05) is 18.2 Å². The molecule has 1 aliphatic rings. The molecule has 1 aliphatic carbocycles. The van der Waals surface area contributed by atoms with E-state index in [1.54, 1.807) is 19.4 Å². The summed E-state index contributed by atoms with van der Waals surface area (Å²) >= 11 is 6.45. The van der Waals surface area contributed by atoms with Crippen LogP contribution >= 0.6 is 11.6 Å². The summed E-state index contributed by atoms with van der Waals surface area (Å²) in [6, 6.07) is 7.54. The van der Waals surface area contributed by atoms with Crippen LogP contribution in [0.2, 0.25) is 5.02 Å². The van der Waals surface area contributed by atoms with Crippen LogP contribution in [0.1, 0.15) is 18.4 Å². The number of aromatic amines is 1. The van der Waals surface area contributed by atoms with Gasteiger partial charge >= 0.3 is 0 Å². The number of nitrogens with one attached hydrogen (secondary N) is 1. The van der Waals surface area contributed by atoms with Crippen LogP contribution in [0.3, 0.4) is 0 Å². The number of hydrogen-bond acceptors (Lipinski definition) is 6. The molecule has 8 heteroatoms. The van der Waals surface area contributed by atoms with Gasteiger partial charge in [-0.25, -0.2) is 9.97 Å². The van der Waals surface area contributed by atoms with E-state index in [-0.39, 0.29) is 5.60 Å². The zero-order valence-corrected chi connectivity index (χ0v) is 13.1. The van der Waals surface area contributed by atoms with Crippen molar-refractivity contribution in [2.24, 2.45) is 0 Å². The molecule has 4 rings (SSSR count). The first-order valence-corrected chi connectivity index (χ1v) is 7.52. The number of aromatic nitrogens is 6. The van der Waals surface area contributed by atoms with Gasteiger partial charge in [0.2, 0.25) is 5.82 Å². The van der Waals surface area contributed by atoms with Crippen molar-refractivity contribution >= 4 is 11.6 Å². The maximum Gasteiger partial charge on any atom is 0.223 e. The average Bonchev–Trinajstić information content (AvgIpc) is 3.18. The molecule has 0 saturated heterocycles. The van der Waals surface area contributed by atoms with Crippen LogP contribution in [-0.2, 0) is 10.3 Å². The number of halogens is 1. The summed E-state index contributed by atoms with van der Waals surface area (Å²) in [5.41, 5.74) is 2.22. The fourth-order valence-electron chi connectivity index (χ4n) is 2.61. The molecule has 3 aromatic rings. The summed E-state index contributed by atoms with van der Waals surface area (Å²) in [6.45, 7) is 0. The maximum atomic E-state index is 6.45. The molecule has 0 bridgehead atoms. The van der Waals surface area contributed by atoms with Crippen LogP contribution in [-0.4, -0.2) is 37.7 Å². The first-order chi connectivity index (χ1) is 11.2. The smallest absolute Gasteiger partial charge is 0.223 e. The van der Waals surface area contributed by atoms with E-state index < -0.39 is 0 Å². The molecule has 0 unspecified atom stereocenters. The van der Waals surface area contributed by atoms with Crippen molar-refractivity contribution in [3.8, 4) is 22.9 Å². The fourth-order valence-corrected chi connectivity index (χ4v) is 2.97. The second-order valence-electron chi connectivity index (χ2n) is 5.39. The van der Waals surface area contributed by atoms with Crippen LogP contribution in [0.25, 0.3) is 22.9 Å². The number of H-pyrrole nitrogens is 1. The average molecular weight is 329 g/mol. The Bertz CT molecular complexity index is 847. The van der Waals surface area contributed by atoms with Crippen molar-refractivity contribution in [3.63, 3.8) is 0 Å². The molecule has 0 aliphatic heterocycles. The van der Waals surface area contributed by atoms with Crippen LogP contribution < -0.4 is 0 Å². The predicted molar refractivity (Wildman–Crippen MR) is 83.6 cm³/mol. The van der Waals surface area contributed by atoms with Gasteiger partial charge in [-0.2, -0.15) is 5.21 Å². The molecule has 0 atom stereocenters. The molecule has 1 N–H and O–H groups in total. The Morgan fingerprint density at radius 3 is 2.74 bits per heavy atom. The molecule has 2 aromatic heterocycles. The summed E-state index contributed by atoms with van der Waals surface area (Å²) in [7, 11) is 1.72. The molecule has 116 valence electrons. The van der Waals surface area contributed by atoms with Gasteiger partial charge in [0.1, 0.15) is 5.69 Å². The zero-order chi connectivity index (χ0) is 15.9. The Hall–Kier alpha value is -2.38. The molecular formula is C15H13ClN6O. The van der Waals surface area contributed by atoms with Crippen molar-refractivity contribution in [2.75, 3.05) is 7.11 Å². The number of nitrogens with zero attached hydrogens (tertiary/aromatic N) is 5. The molecule has 0 amide bonds. The van der Waals surface area contributed by atoms with Crippen molar-refractivity contribution in [1.29, 1.82) is 0 Å². The molecule has 1 saturated carbocycles. The van der Waals surface area contributed by atoms with Gasteiger partial charge < -0.3 is 4.74 Å². The Labute approximate surface area is 137 Å². The van der Waals surface area contributed by atoms with Crippen LogP contribution in [0.5, 0.6) is 0 Å². The molecule has 7 nitrogen and oxygen atoms in total. The Balaban J connectivity index is 1.71. The van der Waals surface area contributed by atoms with Crippen molar-refractivity contribution in [3.05, 3.63) is 41.0 Å². The highest BCUT2D eigenvalue weighted by atomic mass is 35.5. The summed E-state index contributed by atoms with van der Waals surface area (Å²) < 4.78 is 5.59. The van der Waals surface area contributed by atoms with Crippen LogP contribution in [0.4, 0.5) is 0 Å². The third-order valence-electron chi connectivity index (χ3n) is 4.04. The van der Waals surface area contributed by atoms with Crippen molar-refractivity contribution < 1.29 is 4.74 Å². The minimum Gasteiger partial charge on any atom is -0.373 e. The topological polar surface area (TPSA) is 89.5 Å². The van der Waals surface area contributed by atoms with E-state index in [1.165, 1.54) is 0 Å². The highest BCUT2D eigenvalue weighted by Crippen LogP contribution is 2.51. The predicted octanol–water partition coefficient (Wildman–Crippen LogP) is 2.61. The number of tetrazole rings is 1. The van der Waals surface area contributed by atoms with Crippen LogP contribution in [0, 0.1) is 0 Å². The van der Waals surface area contributed by atoms with Gasteiger partial charge in [-0.05, 0) is 30.2 Å². The third kappa shape index (κ3) is 2.47. The third-order valence-corrected chi connectivity index (χ3v) is 4.36.